The number of piperidine rings is 1. The largest absolute Gasteiger partial charge is 0.493 e. The fourth-order valence-electron chi connectivity index (χ4n) is 3.99. The Bertz CT molecular complexity index is 913. The fourth-order valence-corrected chi connectivity index (χ4v) is 3.99. The van der Waals surface area contributed by atoms with Crippen molar-refractivity contribution in [2.24, 2.45) is 0 Å². The maximum Gasteiger partial charge on any atom is 0.217 e. The predicted octanol–water partition coefficient (Wildman–Crippen LogP) is 3.47. The minimum Gasteiger partial charge on any atom is -0.493 e. The third-order valence-electron chi connectivity index (χ3n) is 5.47. The summed E-state index contributed by atoms with van der Waals surface area (Å²) in [6, 6.07) is 12.3. The average Bonchev–Trinajstić information content (AvgIpc) is 2.74. The maximum atomic E-state index is 13.4. The Morgan fingerprint density at radius 3 is 2.50 bits per heavy atom. The standard InChI is InChI=1S/C24H27FN2O3/c1-4-15-30-22-10-5-19(16-23(22)29-3)17-27-13-11-24(12-14-27,26-18(2)28)20-6-8-21(25)9-7-20/h1,5-10,16H,11-15,17H2,2-3H3,(H,26,28). The van der Waals surface area contributed by atoms with Crippen LogP contribution in [0.25, 0.3) is 0 Å². The zero-order valence-corrected chi connectivity index (χ0v) is 17.4. The number of hydrogen-bond donors (Lipinski definition) is 1. The van der Waals surface area contributed by atoms with Crippen molar-refractivity contribution in [2.75, 3.05) is 26.8 Å². The molecule has 3 rings (SSSR count). The van der Waals surface area contributed by atoms with Crippen LogP contribution in [0.2, 0.25) is 0 Å². The first-order valence-electron chi connectivity index (χ1n) is 9.96. The van der Waals surface area contributed by atoms with E-state index in [-0.39, 0.29) is 18.3 Å². The van der Waals surface area contributed by atoms with Gasteiger partial charge >= 0.3 is 0 Å². The molecule has 1 aliphatic heterocycles. The molecule has 1 amide bonds. The van der Waals surface area contributed by atoms with Crippen LogP contribution < -0.4 is 14.8 Å². The van der Waals surface area contributed by atoms with Crippen LogP contribution >= 0.6 is 0 Å². The number of nitrogens with zero attached hydrogens (tertiary/aromatic N) is 1. The van der Waals surface area contributed by atoms with E-state index < -0.39 is 5.54 Å². The Morgan fingerprint density at radius 1 is 1.20 bits per heavy atom. The van der Waals surface area contributed by atoms with Crippen molar-refractivity contribution in [2.45, 2.75) is 31.8 Å². The average molecular weight is 410 g/mol. The molecule has 1 aliphatic rings. The molecule has 0 atom stereocenters. The topological polar surface area (TPSA) is 50.8 Å². The van der Waals surface area contributed by atoms with Gasteiger partial charge < -0.3 is 14.8 Å². The quantitative estimate of drug-likeness (QED) is 0.710. The van der Waals surface area contributed by atoms with Gasteiger partial charge in [0, 0.05) is 26.6 Å². The molecule has 0 aromatic heterocycles. The zero-order valence-electron chi connectivity index (χ0n) is 17.4. The molecule has 1 saturated heterocycles. The first kappa shape index (κ1) is 21.7. The molecule has 0 bridgehead atoms. The monoisotopic (exact) mass is 410 g/mol. The predicted molar refractivity (Wildman–Crippen MR) is 114 cm³/mol. The van der Waals surface area contributed by atoms with Crippen LogP contribution in [0.15, 0.2) is 42.5 Å². The molecular weight excluding hydrogens is 383 g/mol. The number of methoxy groups -OCH3 is 1. The van der Waals surface area contributed by atoms with Crippen molar-refractivity contribution < 1.29 is 18.7 Å². The summed E-state index contributed by atoms with van der Waals surface area (Å²) in [5.41, 5.74) is 1.57. The normalized spacial score (nSPS) is 15.8. The van der Waals surface area contributed by atoms with E-state index in [1.165, 1.54) is 19.1 Å². The molecule has 5 nitrogen and oxygen atoms in total. The van der Waals surface area contributed by atoms with Crippen molar-refractivity contribution in [3.8, 4) is 23.8 Å². The van der Waals surface area contributed by atoms with Gasteiger partial charge in [0.15, 0.2) is 11.5 Å². The zero-order chi connectivity index (χ0) is 21.6. The summed E-state index contributed by atoms with van der Waals surface area (Å²) in [5, 5.41) is 3.12. The SMILES string of the molecule is C#CCOc1ccc(CN2CCC(NC(C)=O)(c3ccc(F)cc3)CC2)cc1OC. The number of carbonyl (C=O) groups is 1. The second-order valence-corrected chi connectivity index (χ2v) is 7.52. The van der Waals surface area contributed by atoms with Gasteiger partial charge in [-0.25, -0.2) is 4.39 Å². The highest BCUT2D eigenvalue weighted by atomic mass is 19.1. The van der Waals surface area contributed by atoms with E-state index in [2.05, 4.69) is 16.1 Å². The number of halogens is 1. The van der Waals surface area contributed by atoms with Crippen molar-refractivity contribution in [3.05, 3.63) is 59.4 Å². The number of ether oxygens (including phenoxy) is 2. The summed E-state index contributed by atoms with van der Waals surface area (Å²) in [6.07, 6.45) is 6.75. The van der Waals surface area contributed by atoms with Crippen LogP contribution in [-0.2, 0) is 16.9 Å². The molecule has 1 N–H and O–H groups in total. The van der Waals surface area contributed by atoms with Crippen molar-refractivity contribution >= 4 is 5.91 Å². The Kier molecular flexibility index (Phi) is 6.96. The number of amides is 1. The van der Waals surface area contributed by atoms with Gasteiger partial charge in [0.2, 0.25) is 5.91 Å². The van der Waals surface area contributed by atoms with Crippen molar-refractivity contribution in [1.29, 1.82) is 0 Å². The second-order valence-electron chi connectivity index (χ2n) is 7.52. The lowest BCUT2D eigenvalue weighted by Crippen LogP contribution is -2.52. The van der Waals surface area contributed by atoms with Gasteiger partial charge in [-0.1, -0.05) is 24.1 Å². The number of carbonyl (C=O) groups excluding carboxylic acids is 1. The first-order chi connectivity index (χ1) is 14.5. The molecule has 1 heterocycles. The van der Waals surface area contributed by atoms with Gasteiger partial charge in [-0.15, -0.1) is 6.42 Å². The van der Waals surface area contributed by atoms with Crippen molar-refractivity contribution in [1.82, 2.24) is 10.2 Å². The summed E-state index contributed by atoms with van der Waals surface area (Å²) in [5.74, 6) is 3.36. The molecule has 0 spiro atoms. The highest BCUT2D eigenvalue weighted by Crippen LogP contribution is 2.34. The molecule has 158 valence electrons. The van der Waals surface area contributed by atoms with E-state index in [0.29, 0.717) is 11.5 Å². The minimum absolute atomic E-state index is 0.0833. The summed E-state index contributed by atoms with van der Waals surface area (Å²) < 4.78 is 24.3. The summed E-state index contributed by atoms with van der Waals surface area (Å²) in [4.78, 5) is 14.2. The minimum atomic E-state index is -0.472. The molecule has 0 aliphatic carbocycles. The van der Waals surface area contributed by atoms with Gasteiger partial charge in [0.25, 0.3) is 0 Å². The Labute approximate surface area is 177 Å². The summed E-state index contributed by atoms with van der Waals surface area (Å²) in [6.45, 7) is 4.07. The molecule has 0 radical (unpaired) electrons. The third-order valence-corrected chi connectivity index (χ3v) is 5.47. The smallest absolute Gasteiger partial charge is 0.217 e. The number of rotatable bonds is 7. The third kappa shape index (κ3) is 5.11. The van der Waals surface area contributed by atoms with Crippen LogP contribution in [0, 0.1) is 18.2 Å². The number of likely N-dealkylation sites (tertiary alicyclic amines) is 1. The molecule has 0 unspecified atom stereocenters. The van der Waals surface area contributed by atoms with Gasteiger partial charge in [-0.2, -0.15) is 0 Å². The highest BCUT2D eigenvalue weighted by Gasteiger charge is 2.37. The van der Waals surface area contributed by atoms with Gasteiger partial charge in [-0.05, 0) is 48.2 Å². The van der Waals surface area contributed by atoms with E-state index in [4.69, 9.17) is 15.9 Å². The molecule has 1 fully saturated rings. The van der Waals surface area contributed by atoms with Crippen molar-refractivity contribution in [3.63, 3.8) is 0 Å². The lowest BCUT2D eigenvalue weighted by molar-refractivity contribution is -0.121. The van der Waals surface area contributed by atoms with Crippen LogP contribution in [-0.4, -0.2) is 37.6 Å². The number of nitrogens with one attached hydrogen (secondary N) is 1. The Balaban J connectivity index is 1.69. The Morgan fingerprint density at radius 2 is 1.90 bits per heavy atom. The first-order valence-corrected chi connectivity index (χ1v) is 9.96. The highest BCUT2D eigenvalue weighted by molar-refractivity contribution is 5.74. The number of hydrogen-bond acceptors (Lipinski definition) is 4. The van der Waals surface area contributed by atoms with Crippen LogP contribution in [0.3, 0.4) is 0 Å². The van der Waals surface area contributed by atoms with E-state index in [1.807, 2.05) is 18.2 Å². The van der Waals surface area contributed by atoms with Gasteiger partial charge in [0.05, 0.1) is 12.6 Å². The number of terminal acetylenes is 1. The molecule has 6 heteroatoms. The molecule has 2 aromatic carbocycles. The molecule has 30 heavy (non-hydrogen) atoms. The lowest BCUT2D eigenvalue weighted by atomic mass is 9.80. The second kappa shape index (κ2) is 9.64. The Hall–Kier alpha value is -3.04. The van der Waals surface area contributed by atoms with E-state index in [1.54, 1.807) is 19.2 Å². The maximum absolute atomic E-state index is 13.4. The molecule has 0 saturated carbocycles. The molecule has 2 aromatic rings. The van der Waals surface area contributed by atoms with E-state index in [9.17, 15) is 9.18 Å². The van der Waals surface area contributed by atoms with Crippen LogP contribution in [0.4, 0.5) is 4.39 Å². The van der Waals surface area contributed by atoms with Crippen LogP contribution in [0.1, 0.15) is 30.9 Å². The van der Waals surface area contributed by atoms with E-state index in [0.717, 1.165) is 43.6 Å². The van der Waals surface area contributed by atoms with Crippen LogP contribution in [0.5, 0.6) is 11.5 Å². The van der Waals surface area contributed by atoms with Gasteiger partial charge in [-0.3, -0.25) is 9.69 Å². The molecular formula is C24H27FN2O3. The number of benzene rings is 2. The van der Waals surface area contributed by atoms with E-state index >= 15 is 0 Å². The summed E-state index contributed by atoms with van der Waals surface area (Å²) >= 11 is 0. The van der Waals surface area contributed by atoms with Gasteiger partial charge in [0.1, 0.15) is 12.4 Å². The lowest BCUT2D eigenvalue weighted by Gasteiger charge is -2.42. The summed E-state index contributed by atoms with van der Waals surface area (Å²) in [7, 11) is 1.60. The fraction of sp³-hybridized carbons (Fsp3) is 0.375.